The van der Waals surface area contributed by atoms with Gasteiger partial charge in [0.15, 0.2) is 0 Å². The first-order valence-electron chi connectivity index (χ1n) is 4.73. The zero-order chi connectivity index (χ0) is 10.4. The molecule has 0 amide bonds. The van der Waals surface area contributed by atoms with Crippen molar-refractivity contribution in [3.63, 3.8) is 0 Å². The van der Waals surface area contributed by atoms with Crippen LogP contribution in [-0.4, -0.2) is 13.1 Å². The maximum absolute atomic E-state index is 3.75. The van der Waals surface area contributed by atoms with Gasteiger partial charge in [-0.15, -0.1) is 13.2 Å². The maximum Gasteiger partial charge on any atom is 0.0401 e. The molecular formula is C13H16N. The summed E-state index contributed by atoms with van der Waals surface area (Å²) >= 11 is 0. The lowest BCUT2D eigenvalue weighted by Gasteiger charge is -2.23. The van der Waals surface area contributed by atoms with Gasteiger partial charge in [0.25, 0.3) is 0 Å². The van der Waals surface area contributed by atoms with Crippen molar-refractivity contribution in [2.24, 2.45) is 0 Å². The molecule has 1 aromatic rings. The van der Waals surface area contributed by atoms with Crippen LogP contribution in [0.1, 0.15) is 5.56 Å². The lowest BCUT2D eigenvalue weighted by atomic mass is 10.2. The number of benzene rings is 1. The van der Waals surface area contributed by atoms with Crippen LogP contribution in [0.4, 0.5) is 5.69 Å². The summed E-state index contributed by atoms with van der Waals surface area (Å²) in [6.45, 7) is 11.3. The molecule has 0 aliphatic heterocycles. The predicted octanol–water partition coefficient (Wildman–Crippen LogP) is 2.97. The van der Waals surface area contributed by atoms with E-state index in [0.717, 1.165) is 13.1 Å². The molecule has 0 saturated heterocycles. The summed E-state index contributed by atoms with van der Waals surface area (Å²) in [6.07, 6.45) is 3.80. The lowest BCUT2D eigenvalue weighted by molar-refractivity contribution is 0.949. The molecule has 14 heavy (non-hydrogen) atoms. The van der Waals surface area contributed by atoms with Crippen LogP contribution in [0, 0.1) is 13.0 Å². The Kier molecular flexibility index (Phi) is 3.99. The molecule has 73 valence electrons. The van der Waals surface area contributed by atoms with Crippen LogP contribution in [0.3, 0.4) is 0 Å². The maximum atomic E-state index is 3.75. The molecule has 0 N–H and O–H groups in total. The monoisotopic (exact) mass is 186 g/mol. The summed E-state index contributed by atoms with van der Waals surface area (Å²) < 4.78 is 0. The van der Waals surface area contributed by atoms with E-state index in [9.17, 15) is 0 Å². The van der Waals surface area contributed by atoms with Gasteiger partial charge in [-0.3, -0.25) is 0 Å². The van der Waals surface area contributed by atoms with E-state index in [1.165, 1.54) is 11.3 Å². The minimum atomic E-state index is 0.844. The molecule has 0 atom stereocenters. The minimum absolute atomic E-state index is 0.844. The standard InChI is InChI=1S/C13H16N/c1-4-10-14(11-5-2)13-9-7-6-8-12(13)3/h4-5,7-9H,1-2,10-11H2,3H3. The fourth-order valence-electron chi connectivity index (χ4n) is 1.44. The summed E-state index contributed by atoms with van der Waals surface area (Å²) in [4.78, 5) is 2.23. The average molecular weight is 186 g/mol. The van der Waals surface area contributed by atoms with Crippen molar-refractivity contribution in [3.05, 3.63) is 55.1 Å². The van der Waals surface area contributed by atoms with E-state index >= 15 is 0 Å². The summed E-state index contributed by atoms with van der Waals surface area (Å²) in [5.41, 5.74) is 2.46. The Bertz CT molecular complexity index is 305. The molecule has 0 aromatic heterocycles. The van der Waals surface area contributed by atoms with Gasteiger partial charge < -0.3 is 4.90 Å². The predicted molar refractivity (Wildman–Crippen MR) is 62.6 cm³/mol. The van der Waals surface area contributed by atoms with Gasteiger partial charge in [0, 0.05) is 18.8 Å². The topological polar surface area (TPSA) is 3.24 Å². The third-order valence-corrected chi connectivity index (χ3v) is 2.08. The average Bonchev–Trinajstić information content (AvgIpc) is 2.18. The van der Waals surface area contributed by atoms with Crippen molar-refractivity contribution in [2.45, 2.75) is 6.92 Å². The van der Waals surface area contributed by atoms with Crippen molar-refractivity contribution in [3.8, 4) is 0 Å². The molecule has 0 aliphatic carbocycles. The summed E-state index contributed by atoms with van der Waals surface area (Å²) in [7, 11) is 0. The van der Waals surface area contributed by atoms with Crippen molar-refractivity contribution in [1.82, 2.24) is 0 Å². The Hall–Kier alpha value is -1.50. The van der Waals surface area contributed by atoms with Crippen LogP contribution in [0.2, 0.25) is 0 Å². The first kappa shape index (κ1) is 10.6. The van der Waals surface area contributed by atoms with Crippen LogP contribution >= 0.6 is 0 Å². The van der Waals surface area contributed by atoms with Gasteiger partial charge in [-0.05, 0) is 30.7 Å². The van der Waals surface area contributed by atoms with E-state index in [4.69, 9.17) is 0 Å². The van der Waals surface area contributed by atoms with Gasteiger partial charge in [-0.2, -0.15) is 0 Å². The number of nitrogens with zero attached hydrogens (tertiary/aromatic N) is 1. The molecular weight excluding hydrogens is 170 g/mol. The summed E-state index contributed by atoms with van der Waals surface area (Å²) in [5, 5.41) is 0. The van der Waals surface area contributed by atoms with Gasteiger partial charge >= 0.3 is 0 Å². The molecule has 1 heteroatoms. The SMILES string of the molecule is C=CCN(CC=C)c1cc[c]cc1C. The normalized spacial score (nSPS) is 9.50. The Morgan fingerprint density at radius 3 is 2.50 bits per heavy atom. The Labute approximate surface area is 86.4 Å². The number of hydrogen-bond acceptors (Lipinski definition) is 1. The quantitative estimate of drug-likeness (QED) is 0.639. The van der Waals surface area contributed by atoms with Gasteiger partial charge in [0.05, 0.1) is 0 Å². The summed E-state index contributed by atoms with van der Waals surface area (Å²) in [6, 6.07) is 9.06. The number of rotatable bonds is 5. The highest BCUT2D eigenvalue weighted by molar-refractivity contribution is 5.53. The van der Waals surface area contributed by atoms with E-state index < -0.39 is 0 Å². The highest BCUT2D eigenvalue weighted by Gasteiger charge is 2.04. The molecule has 0 aliphatic rings. The first-order valence-corrected chi connectivity index (χ1v) is 4.73. The molecule has 0 fully saturated rings. The number of hydrogen-bond donors (Lipinski definition) is 0. The van der Waals surface area contributed by atoms with E-state index in [1.807, 2.05) is 24.3 Å². The molecule has 1 radical (unpaired) electrons. The van der Waals surface area contributed by atoms with Gasteiger partial charge in [-0.1, -0.05) is 18.2 Å². The van der Waals surface area contributed by atoms with Crippen LogP contribution in [-0.2, 0) is 0 Å². The molecule has 0 bridgehead atoms. The van der Waals surface area contributed by atoms with Gasteiger partial charge in [-0.25, -0.2) is 0 Å². The van der Waals surface area contributed by atoms with Crippen LogP contribution in [0.15, 0.2) is 43.5 Å². The van der Waals surface area contributed by atoms with Crippen molar-refractivity contribution in [2.75, 3.05) is 18.0 Å². The lowest BCUT2D eigenvalue weighted by Crippen LogP contribution is -2.23. The van der Waals surface area contributed by atoms with E-state index in [0.29, 0.717) is 0 Å². The van der Waals surface area contributed by atoms with Crippen molar-refractivity contribution < 1.29 is 0 Å². The van der Waals surface area contributed by atoms with E-state index in [1.54, 1.807) is 0 Å². The Morgan fingerprint density at radius 1 is 1.36 bits per heavy atom. The van der Waals surface area contributed by atoms with Gasteiger partial charge in [0.1, 0.15) is 0 Å². The second-order valence-electron chi connectivity index (χ2n) is 3.19. The van der Waals surface area contributed by atoms with Crippen LogP contribution in [0.25, 0.3) is 0 Å². The molecule has 1 rings (SSSR count). The number of aryl methyl sites for hydroxylation is 1. The highest BCUT2D eigenvalue weighted by Crippen LogP contribution is 2.18. The van der Waals surface area contributed by atoms with E-state index in [2.05, 4.69) is 37.1 Å². The van der Waals surface area contributed by atoms with E-state index in [-0.39, 0.29) is 0 Å². The zero-order valence-corrected chi connectivity index (χ0v) is 8.66. The fraction of sp³-hybridized carbons (Fsp3) is 0.231. The zero-order valence-electron chi connectivity index (χ0n) is 8.66. The van der Waals surface area contributed by atoms with Crippen LogP contribution < -0.4 is 4.90 Å². The molecule has 0 unspecified atom stereocenters. The third kappa shape index (κ3) is 2.49. The Balaban J connectivity index is 2.91. The molecule has 1 aromatic carbocycles. The fourth-order valence-corrected chi connectivity index (χ4v) is 1.44. The van der Waals surface area contributed by atoms with Crippen molar-refractivity contribution in [1.29, 1.82) is 0 Å². The third-order valence-electron chi connectivity index (χ3n) is 2.08. The Morgan fingerprint density at radius 2 is 2.00 bits per heavy atom. The summed E-state index contributed by atoms with van der Waals surface area (Å²) in [5.74, 6) is 0. The van der Waals surface area contributed by atoms with Crippen LogP contribution in [0.5, 0.6) is 0 Å². The molecule has 0 heterocycles. The highest BCUT2D eigenvalue weighted by atomic mass is 15.1. The number of anilines is 1. The molecule has 0 saturated carbocycles. The van der Waals surface area contributed by atoms with Gasteiger partial charge in [0.2, 0.25) is 0 Å². The largest absolute Gasteiger partial charge is 0.364 e. The first-order chi connectivity index (χ1) is 6.79. The minimum Gasteiger partial charge on any atom is -0.364 e. The molecule has 0 spiro atoms. The smallest absolute Gasteiger partial charge is 0.0401 e. The van der Waals surface area contributed by atoms with Crippen molar-refractivity contribution >= 4 is 5.69 Å². The second kappa shape index (κ2) is 5.28. The second-order valence-corrected chi connectivity index (χ2v) is 3.19. The molecule has 1 nitrogen and oxygen atoms in total.